The van der Waals surface area contributed by atoms with Gasteiger partial charge in [0.15, 0.2) is 5.78 Å². The van der Waals surface area contributed by atoms with Gasteiger partial charge in [-0.3, -0.25) is 24.6 Å². The first kappa shape index (κ1) is 20.8. The number of nitrogens with zero attached hydrogens (tertiary/aromatic N) is 2. The van der Waals surface area contributed by atoms with E-state index in [2.05, 4.69) is 0 Å². The van der Waals surface area contributed by atoms with Crippen LogP contribution >= 0.6 is 0 Å². The minimum atomic E-state index is -4.50. The van der Waals surface area contributed by atoms with Crippen LogP contribution in [0.15, 0.2) is 59.8 Å². The Balaban J connectivity index is 1.80. The van der Waals surface area contributed by atoms with Gasteiger partial charge in [-0.2, -0.15) is 13.2 Å². The summed E-state index contributed by atoms with van der Waals surface area (Å²) in [7, 11) is 0. The molecule has 31 heavy (non-hydrogen) atoms. The first-order chi connectivity index (χ1) is 14.7. The van der Waals surface area contributed by atoms with E-state index < -0.39 is 22.6 Å². The van der Waals surface area contributed by atoms with Gasteiger partial charge in [0.05, 0.1) is 10.5 Å². The number of Topliss-reactive ketones (excluding diaryl/α,β-unsaturated/α-hetero) is 1. The summed E-state index contributed by atoms with van der Waals surface area (Å²) in [5.41, 5.74) is 0.662. The van der Waals surface area contributed by atoms with E-state index in [0.717, 1.165) is 12.1 Å². The van der Waals surface area contributed by atoms with Crippen molar-refractivity contribution >= 4 is 23.1 Å². The molecule has 6 nitrogen and oxygen atoms in total. The maximum absolute atomic E-state index is 13.1. The maximum Gasteiger partial charge on any atom is 0.416 e. The van der Waals surface area contributed by atoms with Crippen LogP contribution in [0.5, 0.6) is 0 Å². The van der Waals surface area contributed by atoms with Gasteiger partial charge in [0, 0.05) is 47.8 Å². The number of allylic oxidation sites excluding steroid dienone is 2. The number of hydrogen-bond acceptors (Lipinski definition) is 4. The fourth-order valence-electron chi connectivity index (χ4n) is 4.23. The highest BCUT2D eigenvalue weighted by Crippen LogP contribution is 2.44. The summed E-state index contributed by atoms with van der Waals surface area (Å²) in [5, 5.41) is 11.2. The van der Waals surface area contributed by atoms with Crippen molar-refractivity contribution in [2.45, 2.75) is 37.8 Å². The molecule has 9 heteroatoms. The first-order valence-corrected chi connectivity index (χ1v) is 9.67. The molecule has 0 fully saturated rings. The number of nitro benzene ring substituents is 1. The van der Waals surface area contributed by atoms with Gasteiger partial charge in [-0.05, 0) is 42.7 Å². The Morgan fingerprint density at radius 1 is 1.03 bits per heavy atom. The lowest BCUT2D eigenvalue weighted by Gasteiger charge is -2.38. The number of carbonyl (C=O) groups excluding carboxylic acids is 2. The molecule has 1 atom stereocenters. The molecule has 1 aliphatic heterocycles. The molecule has 0 N–H and O–H groups in total. The van der Waals surface area contributed by atoms with Crippen LogP contribution in [0.3, 0.4) is 0 Å². The van der Waals surface area contributed by atoms with E-state index in [1.165, 1.54) is 35.2 Å². The molecular weight excluding hydrogens is 413 g/mol. The molecule has 160 valence electrons. The van der Waals surface area contributed by atoms with Crippen molar-refractivity contribution in [1.82, 2.24) is 0 Å². The summed E-state index contributed by atoms with van der Waals surface area (Å²) in [6, 6.07) is 10.1. The summed E-state index contributed by atoms with van der Waals surface area (Å²) in [6.07, 6.45) is -3.38. The maximum atomic E-state index is 13.1. The Labute approximate surface area is 175 Å². The van der Waals surface area contributed by atoms with E-state index in [1.807, 2.05) is 0 Å². The molecule has 0 aromatic heterocycles. The molecule has 2 aromatic carbocycles. The SMILES string of the molecule is O=C1CCCC2=C1C(c1cccc([N+](=O)[O-])c1)CC(=O)N2c1ccc(C(F)(F)F)cc1. The number of rotatable bonds is 3. The molecule has 2 aromatic rings. The highest BCUT2D eigenvalue weighted by molar-refractivity contribution is 6.07. The van der Waals surface area contributed by atoms with E-state index in [4.69, 9.17) is 0 Å². The Morgan fingerprint density at radius 2 is 1.74 bits per heavy atom. The average molecular weight is 430 g/mol. The molecule has 2 aliphatic rings. The predicted octanol–water partition coefficient (Wildman–Crippen LogP) is 5.14. The Hall–Kier alpha value is -3.49. The van der Waals surface area contributed by atoms with Crippen LogP contribution in [0.1, 0.15) is 42.7 Å². The van der Waals surface area contributed by atoms with E-state index in [-0.39, 0.29) is 29.5 Å². The Bertz CT molecular complexity index is 1110. The molecule has 1 amide bonds. The molecule has 0 radical (unpaired) electrons. The number of carbonyl (C=O) groups is 2. The van der Waals surface area contributed by atoms with E-state index >= 15 is 0 Å². The van der Waals surface area contributed by atoms with Crippen LogP contribution in [0, 0.1) is 10.1 Å². The normalized spacial score (nSPS) is 19.5. The Morgan fingerprint density at radius 3 is 2.39 bits per heavy atom. The largest absolute Gasteiger partial charge is 0.416 e. The summed E-state index contributed by atoms with van der Waals surface area (Å²) in [4.78, 5) is 37.8. The summed E-state index contributed by atoms with van der Waals surface area (Å²) < 4.78 is 38.7. The zero-order valence-electron chi connectivity index (χ0n) is 16.2. The third-order valence-corrected chi connectivity index (χ3v) is 5.61. The van der Waals surface area contributed by atoms with Gasteiger partial charge in [-0.1, -0.05) is 12.1 Å². The van der Waals surface area contributed by atoms with Gasteiger partial charge in [0.1, 0.15) is 0 Å². The molecule has 1 aliphatic carbocycles. The van der Waals surface area contributed by atoms with Crippen LogP contribution in [0.2, 0.25) is 0 Å². The van der Waals surface area contributed by atoms with Crippen LogP contribution in [-0.2, 0) is 15.8 Å². The van der Waals surface area contributed by atoms with Crippen LogP contribution in [0.4, 0.5) is 24.5 Å². The van der Waals surface area contributed by atoms with Gasteiger partial charge in [-0.15, -0.1) is 0 Å². The topological polar surface area (TPSA) is 80.5 Å². The van der Waals surface area contributed by atoms with Gasteiger partial charge >= 0.3 is 6.18 Å². The van der Waals surface area contributed by atoms with Gasteiger partial charge in [-0.25, -0.2) is 0 Å². The lowest BCUT2D eigenvalue weighted by atomic mass is 9.77. The number of anilines is 1. The smallest absolute Gasteiger partial charge is 0.294 e. The van der Waals surface area contributed by atoms with E-state index in [9.17, 15) is 32.9 Å². The van der Waals surface area contributed by atoms with Crippen molar-refractivity contribution in [2.24, 2.45) is 0 Å². The zero-order chi connectivity index (χ0) is 22.3. The minimum Gasteiger partial charge on any atom is -0.294 e. The number of amides is 1. The predicted molar refractivity (Wildman–Crippen MR) is 105 cm³/mol. The lowest BCUT2D eigenvalue weighted by molar-refractivity contribution is -0.384. The lowest BCUT2D eigenvalue weighted by Crippen LogP contribution is -2.40. The quantitative estimate of drug-likeness (QED) is 0.499. The minimum absolute atomic E-state index is 0.104. The van der Waals surface area contributed by atoms with Gasteiger partial charge in [0.2, 0.25) is 5.91 Å². The van der Waals surface area contributed by atoms with Crippen molar-refractivity contribution in [3.63, 3.8) is 0 Å². The van der Waals surface area contributed by atoms with Crippen LogP contribution < -0.4 is 4.90 Å². The van der Waals surface area contributed by atoms with Crippen molar-refractivity contribution in [3.05, 3.63) is 81.0 Å². The molecule has 0 spiro atoms. The summed E-state index contributed by atoms with van der Waals surface area (Å²) in [6.45, 7) is 0. The summed E-state index contributed by atoms with van der Waals surface area (Å²) in [5.74, 6) is -1.15. The number of nitro groups is 1. The number of alkyl halides is 3. The van der Waals surface area contributed by atoms with Crippen molar-refractivity contribution in [1.29, 1.82) is 0 Å². The van der Waals surface area contributed by atoms with Crippen LogP contribution in [0.25, 0.3) is 0 Å². The zero-order valence-corrected chi connectivity index (χ0v) is 16.2. The standard InChI is InChI=1S/C22H17F3N2O4/c23-22(24,25)14-7-9-15(10-8-14)26-18-5-2-6-19(28)21(18)17(12-20(26)29)13-3-1-4-16(11-13)27(30)31/h1,3-4,7-11,17H,2,5-6,12H2. The molecule has 1 heterocycles. The third kappa shape index (κ3) is 3.83. The molecule has 0 saturated heterocycles. The molecule has 0 bridgehead atoms. The highest BCUT2D eigenvalue weighted by atomic mass is 19.4. The first-order valence-electron chi connectivity index (χ1n) is 9.67. The van der Waals surface area contributed by atoms with Crippen molar-refractivity contribution in [2.75, 3.05) is 4.90 Å². The number of benzene rings is 2. The third-order valence-electron chi connectivity index (χ3n) is 5.61. The number of hydrogen-bond donors (Lipinski definition) is 0. The van der Waals surface area contributed by atoms with Crippen LogP contribution in [-0.4, -0.2) is 16.6 Å². The van der Waals surface area contributed by atoms with Gasteiger partial charge in [0.25, 0.3) is 5.69 Å². The number of non-ortho nitro benzene ring substituents is 1. The van der Waals surface area contributed by atoms with Crippen molar-refractivity contribution in [3.8, 4) is 0 Å². The number of halogens is 3. The van der Waals surface area contributed by atoms with Crippen molar-refractivity contribution < 1.29 is 27.7 Å². The molecule has 4 rings (SSSR count). The molecular formula is C22H17F3N2O4. The van der Waals surface area contributed by atoms with E-state index in [1.54, 1.807) is 6.07 Å². The fourth-order valence-corrected chi connectivity index (χ4v) is 4.23. The van der Waals surface area contributed by atoms with Gasteiger partial charge < -0.3 is 0 Å². The Kier molecular flexibility index (Phi) is 5.12. The molecule has 1 unspecified atom stereocenters. The monoisotopic (exact) mass is 430 g/mol. The number of ketones is 1. The fraction of sp³-hybridized carbons (Fsp3) is 0.273. The second-order valence-corrected chi connectivity index (χ2v) is 7.52. The summed E-state index contributed by atoms with van der Waals surface area (Å²) >= 11 is 0. The average Bonchev–Trinajstić information content (AvgIpc) is 2.73. The second-order valence-electron chi connectivity index (χ2n) is 7.52. The second kappa shape index (κ2) is 7.64. The molecule has 0 saturated carbocycles. The highest BCUT2D eigenvalue weighted by Gasteiger charge is 2.40. The van der Waals surface area contributed by atoms with E-state index in [0.29, 0.717) is 36.1 Å².